The predicted molar refractivity (Wildman–Crippen MR) is 87.8 cm³/mol. The third-order valence-corrected chi connectivity index (χ3v) is 4.25. The van der Waals surface area contributed by atoms with Gasteiger partial charge in [-0.15, -0.1) is 0 Å². The molecule has 3 N–H and O–H groups in total. The molecule has 1 saturated heterocycles. The van der Waals surface area contributed by atoms with Gasteiger partial charge in [0.25, 0.3) is 0 Å². The highest BCUT2D eigenvalue weighted by atomic mass is 35.5. The molecule has 23 heavy (non-hydrogen) atoms. The number of carboxylic acid groups (broad SMARTS) is 1. The van der Waals surface area contributed by atoms with Gasteiger partial charge in [-0.1, -0.05) is 17.7 Å². The Kier molecular flexibility index (Phi) is 6.38. The maximum Gasteiger partial charge on any atom is 0.321 e. The zero-order valence-electron chi connectivity index (χ0n) is 13.0. The number of nitrogens with one attached hydrogen (secondary N) is 2. The number of hydrogen-bond donors (Lipinski definition) is 3. The van der Waals surface area contributed by atoms with Crippen LogP contribution in [0.3, 0.4) is 0 Å². The summed E-state index contributed by atoms with van der Waals surface area (Å²) in [6.07, 6.45) is 1.76. The molecule has 6 nitrogen and oxygen atoms in total. The van der Waals surface area contributed by atoms with E-state index in [2.05, 4.69) is 10.6 Å². The van der Waals surface area contributed by atoms with Gasteiger partial charge in [0.05, 0.1) is 12.5 Å². The molecule has 7 heteroatoms. The number of rotatable bonds is 7. The highest BCUT2D eigenvalue weighted by Gasteiger charge is 2.24. The number of aliphatic carboxylic acids is 1. The van der Waals surface area contributed by atoms with E-state index in [9.17, 15) is 14.7 Å². The van der Waals surface area contributed by atoms with Crippen molar-refractivity contribution < 1.29 is 19.4 Å². The van der Waals surface area contributed by atoms with Crippen molar-refractivity contribution in [3.05, 3.63) is 28.8 Å². The van der Waals surface area contributed by atoms with Crippen LogP contribution in [0.1, 0.15) is 24.8 Å². The molecule has 0 bridgehead atoms. The minimum absolute atomic E-state index is 0.0232. The van der Waals surface area contributed by atoms with Crippen LogP contribution >= 0.6 is 11.6 Å². The standard InChI is InChI=1S/C16H21ClN2O4/c1-10-12(17)5-2-6-13(10)19-15(20)8-14(16(21)22)18-9-11-4-3-7-23-11/h2,5-6,11,14,18H,3-4,7-9H2,1H3,(H,19,20)(H,21,22)/t11-,14+/m0/s1. The van der Waals surface area contributed by atoms with E-state index in [0.717, 1.165) is 18.4 Å². The van der Waals surface area contributed by atoms with Crippen molar-refractivity contribution in [2.45, 2.75) is 38.3 Å². The number of carbonyl (C=O) groups excluding carboxylic acids is 1. The molecule has 1 aromatic carbocycles. The molecule has 0 aliphatic carbocycles. The molecule has 126 valence electrons. The van der Waals surface area contributed by atoms with E-state index in [4.69, 9.17) is 16.3 Å². The van der Waals surface area contributed by atoms with Crippen molar-refractivity contribution >= 4 is 29.2 Å². The SMILES string of the molecule is Cc1c(Cl)cccc1NC(=O)C[C@@H](NC[C@@H]1CCCO1)C(=O)O. The van der Waals surface area contributed by atoms with Crippen molar-refractivity contribution in [2.24, 2.45) is 0 Å². The minimum atomic E-state index is -1.05. The van der Waals surface area contributed by atoms with E-state index in [1.165, 1.54) is 0 Å². The first kappa shape index (κ1) is 17.7. The molecule has 2 rings (SSSR count). The number of hydrogen-bond acceptors (Lipinski definition) is 4. The van der Waals surface area contributed by atoms with Crippen LogP contribution in [0, 0.1) is 6.92 Å². The van der Waals surface area contributed by atoms with Crippen molar-refractivity contribution in [2.75, 3.05) is 18.5 Å². The first-order chi connectivity index (χ1) is 11.0. The lowest BCUT2D eigenvalue weighted by atomic mass is 10.1. The molecule has 1 aliphatic heterocycles. The Hall–Kier alpha value is -1.63. The number of carboxylic acids is 1. The second-order valence-corrected chi connectivity index (χ2v) is 6.01. The number of carbonyl (C=O) groups is 2. The molecule has 1 heterocycles. The summed E-state index contributed by atoms with van der Waals surface area (Å²) in [4.78, 5) is 23.4. The van der Waals surface area contributed by atoms with E-state index >= 15 is 0 Å². The molecule has 0 aromatic heterocycles. The van der Waals surface area contributed by atoms with E-state index in [0.29, 0.717) is 23.9 Å². The smallest absolute Gasteiger partial charge is 0.321 e. The average Bonchev–Trinajstić information content (AvgIpc) is 3.01. The monoisotopic (exact) mass is 340 g/mol. The van der Waals surface area contributed by atoms with Gasteiger partial charge in [-0.05, 0) is 37.5 Å². The largest absolute Gasteiger partial charge is 0.480 e. The summed E-state index contributed by atoms with van der Waals surface area (Å²) < 4.78 is 5.44. The topological polar surface area (TPSA) is 87.7 Å². The number of benzene rings is 1. The Balaban J connectivity index is 1.89. The lowest BCUT2D eigenvalue weighted by Crippen LogP contribution is -2.43. The summed E-state index contributed by atoms with van der Waals surface area (Å²) in [5, 5.41) is 15.4. The van der Waals surface area contributed by atoms with Crippen molar-refractivity contribution in [3.63, 3.8) is 0 Å². The van der Waals surface area contributed by atoms with Gasteiger partial charge in [-0.25, -0.2) is 0 Å². The first-order valence-electron chi connectivity index (χ1n) is 7.60. The number of halogens is 1. The van der Waals surface area contributed by atoms with Gasteiger partial charge in [0, 0.05) is 23.9 Å². The molecule has 0 unspecified atom stereocenters. The number of anilines is 1. The van der Waals surface area contributed by atoms with Crippen LogP contribution in [-0.2, 0) is 14.3 Å². The van der Waals surface area contributed by atoms with Crippen LogP contribution in [-0.4, -0.2) is 42.3 Å². The van der Waals surface area contributed by atoms with Crippen LogP contribution in [0.5, 0.6) is 0 Å². The van der Waals surface area contributed by atoms with E-state index < -0.39 is 12.0 Å². The second-order valence-electron chi connectivity index (χ2n) is 5.60. The van der Waals surface area contributed by atoms with Crippen molar-refractivity contribution in [1.29, 1.82) is 0 Å². The zero-order chi connectivity index (χ0) is 16.8. The quantitative estimate of drug-likeness (QED) is 0.708. The first-order valence-corrected chi connectivity index (χ1v) is 7.98. The summed E-state index contributed by atoms with van der Waals surface area (Å²) in [5.74, 6) is -1.43. The fourth-order valence-corrected chi connectivity index (χ4v) is 2.63. The Labute approximate surface area is 140 Å². The summed E-state index contributed by atoms with van der Waals surface area (Å²) in [5.41, 5.74) is 1.34. The molecule has 1 aliphatic rings. The highest BCUT2D eigenvalue weighted by molar-refractivity contribution is 6.31. The van der Waals surface area contributed by atoms with Crippen LogP contribution < -0.4 is 10.6 Å². The molecule has 0 spiro atoms. The molecule has 0 radical (unpaired) electrons. The fourth-order valence-electron chi connectivity index (χ4n) is 2.46. The van der Waals surface area contributed by atoms with Gasteiger partial charge >= 0.3 is 5.97 Å². The summed E-state index contributed by atoms with van der Waals surface area (Å²) in [7, 11) is 0. The van der Waals surface area contributed by atoms with Gasteiger partial charge in [0.15, 0.2) is 0 Å². The Morgan fingerprint density at radius 1 is 1.48 bits per heavy atom. The molecule has 0 saturated carbocycles. The molecule has 1 aromatic rings. The van der Waals surface area contributed by atoms with Gasteiger partial charge in [0.2, 0.25) is 5.91 Å². The molecular weight excluding hydrogens is 320 g/mol. The van der Waals surface area contributed by atoms with Gasteiger partial charge in [-0.3, -0.25) is 9.59 Å². The second kappa shape index (κ2) is 8.29. The fraction of sp³-hybridized carbons (Fsp3) is 0.500. The van der Waals surface area contributed by atoms with Gasteiger partial charge in [-0.2, -0.15) is 0 Å². The highest BCUT2D eigenvalue weighted by Crippen LogP contribution is 2.23. The molecule has 2 atom stereocenters. The summed E-state index contributed by atoms with van der Waals surface area (Å²) >= 11 is 6.00. The van der Waals surface area contributed by atoms with Crippen molar-refractivity contribution in [1.82, 2.24) is 5.32 Å². The maximum absolute atomic E-state index is 12.1. The minimum Gasteiger partial charge on any atom is -0.480 e. The van der Waals surface area contributed by atoms with Crippen LogP contribution in [0.4, 0.5) is 5.69 Å². The third kappa shape index (κ3) is 5.20. The third-order valence-electron chi connectivity index (χ3n) is 3.85. The Morgan fingerprint density at radius 2 is 2.26 bits per heavy atom. The summed E-state index contributed by atoms with van der Waals surface area (Å²) in [6, 6.07) is 4.25. The lowest BCUT2D eigenvalue weighted by molar-refractivity contribution is -0.141. The number of ether oxygens (including phenoxy) is 1. The molecular formula is C16H21ClN2O4. The van der Waals surface area contributed by atoms with E-state index in [-0.39, 0.29) is 18.4 Å². The van der Waals surface area contributed by atoms with E-state index in [1.807, 2.05) is 0 Å². The van der Waals surface area contributed by atoms with Crippen LogP contribution in [0.15, 0.2) is 18.2 Å². The van der Waals surface area contributed by atoms with Crippen LogP contribution in [0.25, 0.3) is 0 Å². The zero-order valence-corrected chi connectivity index (χ0v) is 13.7. The Morgan fingerprint density at radius 3 is 2.91 bits per heavy atom. The lowest BCUT2D eigenvalue weighted by Gasteiger charge is -2.17. The average molecular weight is 341 g/mol. The molecule has 1 amide bonds. The van der Waals surface area contributed by atoms with Gasteiger partial charge in [0.1, 0.15) is 6.04 Å². The summed E-state index contributed by atoms with van der Waals surface area (Å²) in [6.45, 7) is 2.93. The molecule has 1 fully saturated rings. The number of amides is 1. The Bertz CT molecular complexity index is 573. The van der Waals surface area contributed by atoms with Crippen LogP contribution in [0.2, 0.25) is 5.02 Å². The van der Waals surface area contributed by atoms with Gasteiger partial charge < -0.3 is 20.5 Å². The maximum atomic E-state index is 12.1. The van der Waals surface area contributed by atoms with Crippen molar-refractivity contribution in [3.8, 4) is 0 Å². The van der Waals surface area contributed by atoms with E-state index in [1.54, 1.807) is 25.1 Å². The predicted octanol–water partition coefficient (Wildman–Crippen LogP) is 2.20. The normalized spacial score (nSPS) is 18.6.